The van der Waals surface area contributed by atoms with Crippen LogP contribution >= 0.6 is 0 Å². The van der Waals surface area contributed by atoms with Gasteiger partial charge in [0.05, 0.1) is 22.3 Å². The smallest absolute Gasteiger partial charge is 0.148 e. The molecule has 4 nitrogen and oxygen atoms in total. The predicted octanol–water partition coefficient (Wildman–Crippen LogP) is 17.9. The standard InChI is InChI=1S/C68H62N3O.Pt/c1-67(2,3)55-33-34-62(58(44-55)49-23-12-8-13-24-49)71-63-28-18-27-57(64(63)70-66(71)60-42-52(47-21-10-7-11-22-47)41-59(65(60)72)50-25-14-9-15-26-50)53-38-54(40-56(39-53)68(4,5)6)61-43-51(35-36-69-61)48-31-29-46(30-32-48)37-45-19-16-17-20-45;/h7-15,18,21-36,39-45,72H,16-17,19-20,37H2,1-6H3;/q-1;/i37D2;. The summed E-state index contributed by atoms with van der Waals surface area (Å²) in [6.07, 6.45) is 4.58. The molecule has 10 aromatic rings. The van der Waals surface area contributed by atoms with Crippen molar-refractivity contribution in [2.24, 2.45) is 5.92 Å². The van der Waals surface area contributed by atoms with Crippen LogP contribution in [0.15, 0.2) is 194 Å². The molecule has 0 spiro atoms. The molecule has 0 radical (unpaired) electrons. The van der Waals surface area contributed by atoms with Crippen LogP contribution in [0.1, 0.15) is 86.7 Å². The number of phenols is 1. The molecule has 1 fully saturated rings. The second-order valence-electron chi connectivity index (χ2n) is 21.5. The van der Waals surface area contributed by atoms with Crippen LogP contribution in [0.4, 0.5) is 0 Å². The maximum atomic E-state index is 12.8. The van der Waals surface area contributed by atoms with Gasteiger partial charge in [0.25, 0.3) is 0 Å². The van der Waals surface area contributed by atoms with Crippen LogP contribution < -0.4 is 0 Å². The topological polar surface area (TPSA) is 50.9 Å². The molecule has 8 aromatic carbocycles. The Hall–Kier alpha value is -7.13. The number of nitrogens with zero attached hydrogens (tertiary/aromatic N) is 3. The Morgan fingerprint density at radius 3 is 1.81 bits per heavy atom. The fourth-order valence-corrected chi connectivity index (χ4v) is 10.3. The number of hydrogen-bond acceptors (Lipinski definition) is 3. The summed E-state index contributed by atoms with van der Waals surface area (Å²) in [5.74, 6) is 0.826. The molecule has 1 aliphatic carbocycles. The summed E-state index contributed by atoms with van der Waals surface area (Å²) in [5.41, 5.74) is 17.2. The zero-order valence-electron chi connectivity index (χ0n) is 44.5. The third-order valence-corrected chi connectivity index (χ3v) is 14.4. The Morgan fingerprint density at radius 2 is 1.15 bits per heavy atom. The van der Waals surface area contributed by atoms with Gasteiger partial charge in [-0.15, -0.1) is 29.3 Å². The van der Waals surface area contributed by atoms with E-state index in [4.69, 9.17) is 12.7 Å². The van der Waals surface area contributed by atoms with Crippen molar-refractivity contribution in [3.8, 4) is 89.7 Å². The molecule has 11 rings (SSSR count). The molecule has 2 aromatic heterocycles. The Kier molecular flexibility index (Phi) is 13.1. The van der Waals surface area contributed by atoms with Crippen LogP contribution in [-0.4, -0.2) is 19.6 Å². The maximum absolute atomic E-state index is 12.8. The molecule has 1 saturated carbocycles. The van der Waals surface area contributed by atoms with Crippen LogP contribution in [-0.2, 0) is 38.3 Å². The minimum Gasteiger partial charge on any atom is -0.507 e. The van der Waals surface area contributed by atoms with Crippen molar-refractivity contribution in [1.29, 1.82) is 0 Å². The van der Waals surface area contributed by atoms with Crippen LogP contribution in [0.25, 0.3) is 95.0 Å². The molecule has 1 N–H and O–H groups in total. The van der Waals surface area contributed by atoms with Gasteiger partial charge >= 0.3 is 0 Å². The summed E-state index contributed by atoms with van der Waals surface area (Å²) in [6, 6.07) is 68.8. The number of rotatable bonds is 10. The third-order valence-electron chi connectivity index (χ3n) is 14.4. The molecular formula is C68H62N3OPt-. The van der Waals surface area contributed by atoms with Crippen molar-refractivity contribution in [2.45, 2.75) is 84.4 Å². The van der Waals surface area contributed by atoms with Gasteiger partial charge in [0.1, 0.15) is 11.6 Å². The first kappa shape index (κ1) is 46.9. The van der Waals surface area contributed by atoms with Crippen molar-refractivity contribution in [2.75, 3.05) is 0 Å². The van der Waals surface area contributed by atoms with Crippen molar-refractivity contribution >= 4 is 11.0 Å². The van der Waals surface area contributed by atoms with Crippen molar-refractivity contribution in [1.82, 2.24) is 14.5 Å². The van der Waals surface area contributed by atoms with Gasteiger partial charge in [-0.25, -0.2) is 4.98 Å². The molecular weight excluding hydrogens is 1070 g/mol. The quantitative estimate of drug-likeness (QED) is 0.139. The zero-order chi connectivity index (χ0) is 51.4. The van der Waals surface area contributed by atoms with Crippen molar-refractivity contribution < 1.29 is 28.9 Å². The summed E-state index contributed by atoms with van der Waals surface area (Å²) >= 11 is 0. The molecule has 0 saturated heterocycles. The Bertz CT molecular complexity index is 3660. The molecule has 366 valence electrons. The summed E-state index contributed by atoms with van der Waals surface area (Å²) in [4.78, 5) is 10.7. The van der Waals surface area contributed by atoms with Gasteiger partial charge in [-0.05, 0) is 104 Å². The van der Waals surface area contributed by atoms with E-state index in [1.807, 2.05) is 85.1 Å². The van der Waals surface area contributed by atoms with E-state index >= 15 is 0 Å². The fraction of sp³-hybridized carbons (Fsp3) is 0.206. The van der Waals surface area contributed by atoms with Gasteiger partial charge < -0.3 is 5.11 Å². The monoisotopic (exact) mass is 1130 g/mol. The van der Waals surface area contributed by atoms with E-state index in [2.05, 4.69) is 161 Å². The first-order chi connectivity index (χ1) is 35.6. The van der Waals surface area contributed by atoms with Gasteiger partial charge in [-0.2, -0.15) is 0 Å². The third kappa shape index (κ3) is 10.2. The number of pyridine rings is 1. The Balaban J connectivity index is 0.00000641. The minimum atomic E-state index is -1.35. The predicted molar refractivity (Wildman–Crippen MR) is 300 cm³/mol. The Morgan fingerprint density at radius 1 is 0.548 bits per heavy atom. The van der Waals surface area contributed by atoms with Gasteiger partial charge in [0.15, 0.2) is 0 Å². The van der Waals surface area contributed by atoms with Crippen LogP contribution in [0.2, 0.25) is 0 Å². The van der Waals surface area contributed by atoms with E-state index in [0.29, 0.717) is 11.4 Å². The number of aromatic hydroxyl groups is 1. The SMILES string of the molecule is [2H]C([2H])(c1ccc(-c2ccnc(-c3[c-]c(-c4cccc5c4nc(-c4cc(-c6ccccc6)cc(-c6ccccc6)c4O)n5-c4ccc(C(C)(C)C)cc4-c4ccccc4)cc(C(C)(C)C)c3)c2)cc1)C1CCCC1.[Pt]. The summed E-state index contributed by atoms with van der Waals surface area (Å²) in [7, 11) is 0. The molecule has 0 atom stereocenters. The fourth-order valence-electron chi connectivity index (χ4n) is 10.3. The largest absolute Gasteiger partial charge is 0.507 e. The van der Waals surface area contributed by atoms with Gasteiger partial charge in [0.2, 0.25) is 0 Å². The van der Waals surface area contributed by atoms with Gasteiger partial charge in [-0.3, -0.25) is 9.55 Å². The number of benzene rings is 8. The molecule has 1 aliphatic rings. The average molecular weight is 1130 g/mol. The van der Waals surface area contributed by atoms with E-state index in [0.717, 1.165) is 120 Å². The number of imidazole rings is 1. The number of fused-ring (bicyclic) bond motifs is 1. The maximum Gasteiger partial charge on any atom is 0.148 e. The van der Waals surface area contributed by atoms with Crippen molar-refractivity contribution in [3.63, 3.8) is 0 Å². The van der Waals surface area contributed by atoms with E-state index in [1.165, 1.54) is 5.56 Å². The molecule has 0 aliphatic heterocycles. The van der Waals surface area contributed by atoms with Crippen LogP contribution in [0.5, 0.6) is 5.75 Å². The van der Waals surface area contributed by atoms with Crippen molar-refractivity contribution in [3.05, 3.63) is 217 Å². The summed E-state index contributed by atoms with van der Waals surface area (Å²) < 4.78 is 20.2. The second kappa shape index (κ2) is 20.4. The zero-order valence-corrected chi connectivity index (χ0v) is 44.8. The molecule has 73 heavy (non-hydrogen) atoms. The van der Waals surface area contributed by atoms with E-state index in [-0.39, 0.29) is 43.6 Å². The molecule has 0 amide bonds. The van der Waals surface area contributed by atoms with E-state index in [9.17, 15) is 5.11 Å². The molecule has 2 heterocycles. The molecule has 5 heteroatoms. The molecule has 0 unspecified atom stereocenters. The van der Waals surface area contributed by atoms with E-state index in [1.54, 1.807) is 0 Å². The van der Waals surface area contributed by atoms with Crippen LogP contribution in [0.3, 0.4) is 0 Å². The summed E-state index contributed by atoms with van der Waals surface area (Å²) in [5, 5.41) is 12.8. The molecule has 0 bridgehead atoms. The summed E-state index contributed by atoms with van der Waals surface area (Å²) in [6.45, 7) is 13.4. The number of phenolic OH excluding ortho intramolecular Hbond substituents is 1. The number of aromatic nitrogens is 3. The van der Waals surface area contributed by atoms with Gasteiger partial charge in [0, 0.05) is 46.8 Å². The number of hydrogen-bond donors (Lipinski definition) is 1. The first-order valence-corrected chi connectivity index (χ1v) is 25.5. The second-order valence-corrected chi connectivity index (χ2v) is 21.5. The average Bonchev–Trinajstić information content (AvgIpc) is 4.15. The first-order valence-electron chi connectivity index (χ1n) is 26.5. The Labute approximate surface area is 449 Å². The van der Waals surface area contributed by atoms with Crippen LogP contribution in [0, 0.1) is 12.0 Å². The van der Waals surface area contributed by atoms with Gasteiger partial charge in [-0.1, -0.05) is 218 Å². The van der Waals surface area contributed by atoms with E-state index < -0.39 is 6.37 Å². The minimum absolute atomic E-state index is 0. The normalized spacial score (nSPS) is 13.7. The number of para-hydroxylation sites is 1.